The molecule has 9 rings (SSSR count). The number of para-hydroxylation sites is 1. The van der Waals surface area contributed by atoms with E-state index in [1.807, 2.05) is 54.6 Å². The van der Waals surface area contributed by atoms with E-state index < -0.39 is 5.41 Å². The van der Waals surface area contributed by atoms with Crippen molar-refractivity contribution in [3.05, 3.63) is 221 Å². The van der Waals surface area contributed by atoms with Crippen molar-refractivity contribution in [2.45, 2.75) is 12.1 Å². The van der Waals surface area contributed by atoms with E-state index in [2.05, 4.69) is 138 Å². The van der Waals surface area contributed by atoms with Crippen LogP contribution in [-0.2, 0) is 12.1 Å². The minimum Gasteiger partial charge on any atom is -0.398 e. The highest BCUT2D eigenvalue weighted by molar-refractivity contribution is 6.12. The van der Waals surface area contributed by atoms with Crippen LogP contribution in [0.25, 0.3) is 38.6 Å². The first-order valence-corrected chi connectivity index (χ1v) is 17.1. The van der Waals surface area contributed by atoms with Crippen molar-refractivity contribution in [3.63, 3.8) is 0 Å². The molecule has 1 aliphatic carbocycles. The summed E-state index contributed by atoms with van der Waals surface area (Å²) in [5, 5.41) is 2.42. The molecule has 0 fully saturated rings. The van der Waals surface area contributed by atoms with Crippen molar-refractivity contribution in [3.8, 4) is 11.1 Å². The number of nitrogens with two attached hydrogens (primary N) is 1. The van der Waals surface area contributed by atoms with E-state index in [9.17, 15) is 0 Å². The lowest BCUT2D eigenvalue weighted by Crippen LogP contribution is -2.28. The summed E-state index contributed by atoms with van der Waals surface area (Å²) in [7, 11) is 0. The van der Waals surface area contributed by atoms with Gasteiger partial charge in [0.15, 0.2) is 0 Å². The average molecular weight is 642 g/mol. The first kappa shape index (κ1) is 29.7. The summed E-state index contributed by atoms with van der Waals surface area (Å²) in [4.78, 5) is 5.30. The number of hydrogen-bond donors (Lipinski definition) is 1. The number of allylic oxidation sites excluding steroid dienone is 1. The molecule has 8 aromatic rings. The Morgan fingerprint density at radius 2 is 1.06 bits per heavy atom. The first-order chi connectivity index (χ1) is 24.7. The van der Waals surface area contributed by atoms with Crippen LogP contribution in [0.4, 0.5) is 0 Å². The van der Waals surface area contributed by atoms with Crippen LogP contribution >= 0.6 is 0 Å². The minimum absolute atomic E-state index is 0.432. The van der Waals surface area contributed by atoms with Gasteiger partial charge in [0.1, 0.15) is 6.67 Å². The van der Waals surface area contributed by atoms with Crippen LogP contribution < -0.4 is 5.73 Å². The predicted octanol–water partition coefficient (Wildman–Crippen LogP) is 10.6. The fourth-order valence-electron chi connectivity index (χ4n) is 7.98. The van der Waals surface area contributed by atoms with Crippen LogP contribution in [0.2, 0.25) is 0 Å². The summed E-state index contributed by atoms with van der Waals surface area (Å²) in [6.45, 7) is 0.432. The first-order valence-electron chi connectivity index (χ1n) is 17.1. The van der Waals surface area contributed by atoms with E-state index in [1.54, 1.807) is 0 Å². The molecule has 7 aromatic carbocycles. The van der Waals surface area contributed by atoms with Crippen molar-refractivity contribution in [2.24, 2.45) is 10.7 Å². The maximum Gasteiger partial charge on any atom is 0.115 e. The Balaban J connectivity index is 1.28. The zero-order valence-corrected chi connectivity index (χ0v) is 27.6. The monoisotopic (exact) mass is 641 g/mol. The molecule has 1 aliphatic rings. The number of benzene rings is 7. The standard InChI is InChI=1S/C47H35N3/c48-43(33-16-4-1-5-17-33)31-44(34-18-6-2-7-19-34)49-32-50-45-27-15-12-24-39(45)40-29-28-36(30-46(40)50)47(35-20-8-3-9-21-35)41-25-13-10-22-37(41)38-23-11-14-26-42(38)47/h1-31H,32,48H2/b43-31-,49-44+. The highest BCUT2D eigenvalue weighted by Crippen LogP contribution is 2.56. The largest absolute Gasteiger partial charge is 0.398 e. The molecule has 0 saturated heterocycles. The highest BCUT2D eigenvalue weighted by Gasteiger charge is 2.46. The number of nitrogens with zero attached hydrogens (tertiary/aromatic N) is 2. The molecule has 1 aromatic heterocycles. The molecule has 2 N–H and O–H groups in total. The van der Waals surface area contributed by atoms with Crippen LogP contribution in [0, 0.1) is 0 Å². The average Bonchev–Trinajstić information content (AvgIpc) is 3.67. The number of aromatic nitrogens is 1. The lowest BCUT2D eigenvalue weighted by molar-refractivity contribution is 0.763. The van der Waals surface area contributed by atoms with Gasteiger partial charge in [-0.1, -0.05) is 170 Å². The van der Waals surface area contributed by atoms with Gasteiger partial charge in [0, 0.05) is 16.5 Å². The number of aliphatic imine (C=N–C) groups is 1. The Kier molecular flexibility index (Phi) is 7.25. The van der Waals surface area contributed by atoms with Gasteiger partial charge in [-0.05, 0) is 62.7 Å². The normalized spacial score (nSPS) is 13.8. The van der Waals surface area contributed by atoms with Gasteiger partial charge in [0.2, 0.25) is 0 Å². The molecule has 0 aliphatic heterocycles. The summed E-state index contributed by atoms with van der Waals surface area (Å²) >= 11 is 0. The lowest BCUT2D eigenvalue weighted by atomic mass is 9.67. The van der Waals surface area contributed by atoms with Crippen molar-refractivity contribution >= 4 is 33.2 Å². The summed E-state index contributed by atoms with van der Waals surface area (Å²) in [6, 6.07) is 64.9. The van der Waals surface area contributed by atoms with Gasteiger partial charge in [0.05, 0.1) is 22.2 Å². The molecule has 3 nitrogen and oxygen atoms in total. The number of fused-ring (bicyclic) bond motifs is 6. The zero-order chi connectivity index (χ0) is 33.5. The third-order valence-corrected chi connectivity index (χ3v) is 10.2. The smallest absolute Gasteiger partial charge is 0.115 e. The second kappa shape index (κ2) is 12.2. The Bertz CT molecular complexity index is 2510. The van der Waals surface area contributed by atoms with Gasteiger partial charge in [0.25, 0.3) is 0 Å². The van der Waals surface area contributed by atoms with Crippen molar-refractivity contribution in [1.29, 1.82) is 0 Å². The zero-order valence-electron chi connectivity index (χ0n) is 27.6. The summed E-state index contributed by atoms with van der Waals surface area (Å²) in [6.07, 6.45) is 2.00. The Morgan fingerprint density at radius 1 is 0.520 bits per heavy atom. The third-order valence-electron chi connectivity index (χ3n) is 10.2. The summed E-state index contributed by atoms with van der Waals surface area (Å²) in [5.74, 6) is 0. The molecule has 0 amide bonds. The fourth-order valence-corrected chi connectivity index (χ4v) is 7.98. The molecule has 0 atom stereocenters. The SMILES string of the molecule is N/C(=C\C(=N/Cn1c2ccccc2c2ccc(C3(c4ccccc4)c4ccccc4-c4ccccc43)cc21)c1ccccc1)c1ccccc1. The molecular formula is C47H35N3. The van der Waals surface area contributed by atoms with Crippen LogP contribution in [0.1, 0.15) is 33.4 Å². The molecule has 0 saturated carbocycles. The van der Waals surface area contributed by atoms with Gasteiger partial charge in [-0.2, -0.15) is 0 Å². The summed E-state index contributed by atoms with van der Waals surface area (Å²) in [5.41, 5.74) is 19.7. The topological polar surface area (TPSA) is 43.3 Å². The van der Waals surface area contributed by atoms with Crippen LogP contribution in [0.15, 0.2) is 193 Å². The molecular weight excluding hydrogens is 607 g/mol. The minimum atomic E-state index is -0.477. The van der Waals surface area contributed by atoms with E-state index in [0.717, 1.165) is 27.9 Å². The molecule has 1 heterocycles. The molecule has 50 heavy (non-hydrogen) atoms. The van der Waals surface area contributed by atoms with Gasteiger partial charge < -0.3 is 10.3 Å². The molecule has 0 spiro atoms. The van der Waals surface area contributed by atoms with E-state index in [-0.39, 0.29) is 0 Å². The maximum atomic E-state index is 6.67. The van der Waals surface area contributed by atoms with E-state index in [0.29, 0.717) is 12.4 Å². The van der Waals surface area contributed by atoms with Crippen LogP contribution in [0.3, 0.4) is 0 Å². The van der Waals surface area contributed by atoms with Gasteiger partial charge >= 0.3 is 0 Å². The van der Waals surface area contributed by atoms with E-state index in [1.165, 1.54) is 44.2 Å². The van der Waals surface area contributed by atoms with E-state index in [4.69, 9.17) is 10.7 Å². The molecule has 0 radical (unpaired) electrons. The quantitative estimate of drug-likeness (QED) is 0.173. The predicted molar refractivity (Wildman–Crippen MR) is 208 cm³/mol. The van der Waals surface area contributed by atoms with Gasteiger partial charge in [-0.15, -0.1) is 0 Å². The second-order valence-electron chi connectivity index (χ2n) is 12.9. The van der Waals surface area contributed by atoms with Crippen molar-refractivity contribution in [1.82, 2.24) is 4.57 Å². The Labute approximate surface area is 292 Å². The highest BCUT2D eigenvalue weighted by atomic mass is 15.1. The van der Waals surface area contributed by atoms with Gasteiger partial charge in [-0.25, -0.2) is 0 Å². The molecule has 238 valence electrons. The third kappa shape index (κ3) is 4.70. The van der Waals surface area contributed by atoms with Gasteiger partial charge in [-0.3, -0.25) is 4.99 Å². The molecule has 0 bridgehead atoms. The fraction of sp³-hybridized carbons (Fsp3) is 0.0426. The Hall–Kier alpha value is -6.45. The Morgan fingerprint density at radius 3 is 1.74 bits per heavy atom. The maximum absolute atomic E-state index is 6.67. The van der Waals surface area contributed by atoms with Crippen molar-refractivity contribution < 1.29 is 0 Å². The van der Waals surface area contributed by atoms with Crippen LogP contribution in [-0.4, -0.2) is 10.3 Å². The second-order valence-corrected chi connectivity index (χ2v) is 12.9. The van der Waals surface area contributed by atoms with E-state index >= 15 is 0 Å². The number of rotatable bonds is 7. The van der Waals surface area contributed by atoms with Crippen LogP contribution in [0.5, 0.6) is 0 Å². The van der Waals surface area contributed by atoms with Crippen molar-refractivity contribution in [2.75, 3.05) is 0 Å². The lowest BCUT2D eigenvalue weighted by Gasteiger charge is -2.34. The summed E-state index contributed by atoms with van der Waals surface area (Å²) < 4.78 is 2.36. The number of hydrogen-bond acceptors (Lipinski definition) is 2. The molecule has 0 unspecified atom stereocenters. The molecule has 3 heteroatoms.